The molecule has 2 aliphatic heterocycles. The largest absolute Gasteiger partial charge is 0.204 e. The van der Waals surface area contributed by atoms with Crippen molar-refractivity contribution in [1.29, 1.82) is 0 Å². The van der Waals surface area contributed by atoms with E-state index in [4.69, 9.17) is 0 Å². The molecule has 3 unspecified atom stereocenters. The predicted molar refractivity (Wildman–Crippen MR) is 112 cm³/mol. The smallest absolute Gasteiger partial charge is 0.00379 e. The summed E-state index contributed by atoms with van der Waals surface area (Å²) < 4.78 is 0. The molecule has 2 heterocycles. The Balaban J connectivity index is 2.15. The van der Waals surface area contributed by atoms with Crippen LogP contribution >= 0.6 is 9.21 Å². The topological polar surface area (TPSA) is 0 Å². The first kappa shape index (κ1) is 18.9. The van der Waals surface area contributed by atoms with Gasteiger partial charge in [0.1, 0.15) is 0 Å². The van der Waals surface area contributed by atoms with Crippen molar-refractivity contribution in [3.8, 4) is 0 Å². The van der Waals surface area contributed by atoms with Gasteiger partial charge in [0.05, 0.1) is 0 Å². The Morgan fingerprint density at radius 1 is 1.35 bits per heavy atom. The van der Waals surface area contributed by atoms with Crippen LogP contribution in [0.3, 0.4) is 0 Å². The molecule has 3 atom stereocenters. The van der Waals surface area contributed by atoms with Crippen molar-refractivity contribution >= 4 is 19.9 Å². The molecule has 0 amide bonds. The quantitative estimate of drug-likeness (QED) is 0.365. The molecule has 0 saturated heterocycles. The first-order valence-electron chi connectivity index (χ1n) is 9.68. The third kappa shape index (κ3) is 4.78. The summed E-state index contributed by atoms with van der Waals surface area (Å²) in [6.45, 7) is 11.7. The van der Waals surface area contributed by atoms with Gasteiger partial charge >= 0.3 is 0 Å². The first-order chi connectivity index (χ1) is 10.9. The SMILES string of the molecule is CCCC(C=C(C)CC)C(C)CC=S1(C)=CC(C)=CC2CC1C2. The van der Waals surface area contributed by atoms with Crippen molar-refractivity contribution in [3.63, 3.8) is 0 Å². The molecule has 0 aromatic carbocycles. The molecule has 1 aliphatic carbocycles. The van der Waals surface area contributed by atoms with E-state index in [1.807, 2.05) is 0 Å². The number of hydrogen-bond donors (Lipinski definition) is 0. The van der Waals surface area contributed by atoms with E-state index in [1.165, 1.54) is 38.5 Å². The molecule has 1 saturated carbocycles. The molecule has 0 spiro atoms. The van der Waals surface area contributed by atoms with Crippen LogP contribution in [0.25, 0.3) is 0 Å². The van der Waals surface area contributed by atoms with Crippen molar-refractivity contribution in [2.24, 2.45) is 17.8 Å². The second-order valence-corrected chi connectivity index (χ2v) is 11.7. The monoisotopic (exact) mass is 334 g/mol. The second-order valence-electron chi connectivity index (χ2n) is 8.20. The summed E-state index contributed by atoms with van der Waals surface area (Å²) >= 11 is 0. The van der Waals surface area contributed by atoms with Gasteiger partial charge in [-0.1, -0.05) is 50.3 Å². The summed E-state index contributed by atoms with van der Waals surface area (Å²) in [4.78, 5) is 0. The van der Waals surface area contributed by atoms with Crippen molar-refractivity contribution in [2.45, 2.75) is 78.4 Å². The van der Waals surface area contributed by atoms with Gasteiger partial charge < -0.3 is 0 Å². The molecule has 1 heteroatoms. The van der Waals surface area contributed by atoms with Gasteiger partial charge in [-0.25, -0.2) is 9.21 Å². The summed E-state index contributed by atoms with van der Waals surface area (Å²) in [5, 5.41) is 6.35. The highest BCUT2D eigenvalue weighted by atomic mass is 32.2. The van der Waals surface area contributed by atoms with Crippen LogP contribution in [-0.4, -0.2) is 22.2 Å². The summed E-state index contributed by atoms with van der Waals surface area (Å²) in [7, 11) is -0.655. The minimum atomic E-state index is -0.655. The number of rotatable bonds is 7. The van der Waals surface area contributed by atoms with E-state index in [2.05, 4.69) is 63.8 Å². The predicted octanol–water partition coefficient (Wildman–Crippen LogP) is 6.56. The lowest BCUT2D eigenvalue weighted by Gasteiger charge is -2.37. The van der Waals surface area contributed by atoms with Gasteiger partial charge in [0.15, 0.2) is 0 Å². The Morgan fingerprint density at radius 3 is 2.65 bits per heavy atom. The first-order valence-corrected chi connectivity index (χ1v) is 11.9. The maximum atomic E-state index is 2.75. The lowest BCUT2D eigenvalue weighted by atomic mass is 9.84. The Labute approximate surface area is 145 Å². The highest BCUT2D eigenvalue weighted by Crippen LogP contribution is 2.47. The maximum Gasteiger partial charge on any atom is -0.00379 e. The Bertz CT molecular complexity index is 575. The van der Waals surface area contributed by atoms with Gasteiger partial charge in [-0.15, -0.1) is 0 Å². The van der Waals surface area contributed by atoms with Crippen molar-refractivity contribution in [1.82, 2.24) is 0 Å². The normalized spacial score (nSPS) is 33.0. The second kappa shape index (κ2) is 8.10. The maximum absolute atomic E-state index is 2.75. The van der Waals surface area contributed by atoms with Crippen LogP contribution in [0.15, 0.2) is 23.3 Å². The van der Waals surface area contributed by atoms with Crippen molar-refractivity contribution < 1.29 is 0 Å². The summed E-state index contributed by atoms with van der Waals surface area (Å²) in [6, 6.07) is 0. The minimum Gasteiger partial charge on any atom is -0.204 e. The third-order valence-corrected chi connectivity index (χ3v) is 9.64. The lowest BCUT2D eigenvalue weighted by Crippen LogP contribution is -2.26. The Kier molecular flexibility index (Phi) is 6.66. The average Bonchev–Trinajstić information content (AvgIpc) is 2.67. The van der Waals surface area contributed by atoms with Gasteiger partial charge in [0, 0.05) is 0 Å². The van der Waals surface area contributed by atoms with Gasteiger partial charge in [0.25, 0.3) is 0 Å². The number of fused-ring (bicyclic) bond motifs is 1. The molecular weight excluding hydrogens is 296 g/mol. The molecule has 0 radical (unpaired) electrons. The van der Waals surface area contributed by atoms with E-state index in [9.17, 15) is 0 Å². The fraction of sp³-hybridized carbons (Fsp3) is 0.727. The Morgan fingerprint density at radius 2 is 2.04 bits per heavy atom. The van der Waals surface area contributed by atoms with E-state index in [0.29, 0.717) is 0 Å². The summed E-state index contributed by atoms with van der Waals surface area (Å²) in [5.74, 6) is 2.42. The fourth-order valence-electron chi connectivity index (χ4n) is 4.13. The Hall–Kier alpha value is -0.430. The summed E-state index contributed by atoms with van der Waals surface area (Å²) in [5.41, 5.74) is 3.11. The van der Waals surface area contributed by atoms with Crippen LogP contribution in [0.2, 0.25) is 0 Å². The van der Waals surface area contributed by atoms with Gasteiger partial charge in [-0.2, -0.15) is 0 Å². The van der Waals surface area contributed by atoms with Crippen molar-refractivity contribution in [3.05, 3.63) is 23.3 Å². The molecule has 3 rings (SSSR count). The third-order valence-electron chi connectivity index (χ3n) is 6.02. The van der Waals surface area contributed by atoms with E-state index < -0.39 is 9.21 Å². The molecule has 0 N–H and O–H groups in total. The van der Waals surface area contributed by atoms with Gasteiger partial charge in [0.2, 0.25) is 0 Å². The van der Waals surface area contributed by atoms with Crippen LogP contribution in [0.1, 0.15) is 73.1 Å². The molecule has 3 aliphatic rings. The lowest BCUT2D eigenvalue weighted by molar-refractivity contribution is 0.402. The van der Waals surface area contributed by atoms with Gasteiger partial charge in [-0.3, -0.25) is 0 Å². The zero-order valence-corrected chi connectivity index (χ0v) is 17.1. The van der Waals surface area contributed by atoms with Gasteiger partial charge in [-0.05, 0) is 86.2 Å². The molecule has 23 heavy (non-hydrogen) atoms. The highest BCUT2D eigenvalue weighted by molar-refractivity contribution is 8.29. The van der Waals surface area contributed by atoms with E-state index in [-0.39, 0.29) is 0 Å². The molecule has 1 fully saturated rings. The average molecular weight is 335 g/mol. The van der Waals surface area contributed by atoms with Crippen LogP contribution < -0.4 is 0 Å². The molecule has 0 nitrogen and oxygen atoms in total. The van der Waals surface area contributed by atoms with E-state index in [0.717, 1.165) is 23.0 Å². The standard InChI is InChI=1S/C22H38S/c1-7-9-21(13-17(3)8-2)19(5)10-11-23(6)16-18(4)12-20-14-22(23)15-20/h11-13,16,19-22H,7-10,14-15H2,1-6H3. The number of allylic oxidation sites excluding steroid dienone is 4. The van der Waals surface area contributed by atoms with Crippen LogP contribution in [-0.2, 0) is 0 Å². The molecule has 132 valence electrons. The van der Waals surface area contributed by atoms with Crippen molar-refractivity contribution in [2.75, 3.05) is 6.26 Å². The molecule has 0 aromatic heterocycles. The minimum absolute atomic E-state index is 0.655. The van der Waals surface area contributed by atoms with Crippen LogP contribution in [0.4, 0.5) is 0 Å². The number of hydrogen-bond acceptors (Lipinski definition) is 0. The zero-order valence-electron chi connectivity index (χ0n) is 16.3. The van der Waals surface area contributed by atoms with E-state index in [1.54, 1.807) is 11.1 Å². The fourth-order valence-corrected chi connectivity index (χ4v) is 7.61. The van der Waals surface area contributed by atoms with Crippen LogP contribution in [0.5, 0.6) is 0 Å². The summed E-state index contributed by atoms with van der Waals surface area (Å²) in [6.07, 6.45) is 15.7. The highest BCUT2D eigenvalue weighted by Gasteiger charge is 2.32. The molecule has 0 aromatic rings. The molecular formula is C22H38S. The molecule has 2 bridgehead atoms. The van der Waals surface area contributed by atoms with E-state index >= 15 is 0 Å². The van der Waals surface area contributed by atoms with Crippen LogP contribution in [0, 0.1) is 17.8 Å². The zero-order chi connectivity index (χ0) is 17.0.